The summed E-state index contributed by atoms with van der Waals surface area (Å²) in [4.78, 5) is 10.3. The minimum absolute atomic E-state index is 0.291. The van der Waals surface area contributed by atoms with Gasteiger partial charge in [0.1, 0.15) is 11.7 Å². The number of benzene rings is 1. The molecule has 24 heavy (non-hydrogen) atoms. The molecule has 1 aromatic carbocycles. The minimum Gasteiger partial charge on any atom is -0.494 e. The third-order valence-corrected chi connectivity index (χ3v) is 6.43. The highest BCUT2D eigenvalue weighted by atomic mass is 31.2. The molecule has 0 aliphatic rings. The molecule has 0 aliphatic carbocycles. The number of allylic oxidation sites excluding steroid dienone is 1. The van der Waals surface area contributed by atoms with Crippen LogP contribution in [0.2, 0.25) is 0 Å². The van der Waals surface area contributed by atoms with Gasteiger partial charge in [-0.1, -0.05) is 45.1 Å². The molecule has 1 atom stereocenters. The zero-order valence-electron chi connectivity index (χ0n) is 14.8. The van der Waals surface area contributed by atoms with Crippen LogP contribution in [0.15, 0.2) is 30.3 Å². The molecule has 0 saturated carbocycles. The lowest BCUT2D eigenvalue weighted by Gasteiger charge is -2.16. The topological polar surface area (TPSA) is 52.6 Å². The van der Waals surface area contributed by atoms with E-state index in [2.05, 4.69) is 6.92 Å². The fraction of sp³-hybridized carbons (Fsp3) is 0.579. The molecule has 0 spiro atoms. The van der Waals surface area contributed by atoms with Crippen LogP contribution in [-0.2, 0) is 13.9 Å². The zero-order valence-corrected chi connectivity index (χ0v) is 15.7. The van der Waals surface area contributed by atoms with Gasteiger partial charge in [-0.3, -0.25) is 4.57 Å². The van der Waals surface area contributed by atoms with Crippen LogP contribution < -0.4 is 10.0 Å². The third kappa shape index (κ3) is 7.49. The van der Waals surface area contributed by atoms with Gasteiger partial charge in [0.25, 0.3) is 0 Å². The standard InChI is InChI=1S/C19H29O4P/c1-3-4-5-6-7-9-15-23-18-12-11-13-19(17-18)24(21,22-2)16-10-8-14-20/h8,11-13,17H,3-7,9-10,15-16H2,1-2H3. The molecule has 0 fully saturated rings. The molecule has 0 amide bonds. The van der Waals surface area contributed by atoms with Crippen LogP contribution in [0.4, 0.5) is 0 Å². The lowest BCUT2D eigenvalue weighted by molar-refractivity contribution is 0.304. The Morgan fingerprint density at radius 2 is 1.92 bits per heavy atom. The van der Waals surface area contributed by atoms with Crippen molar-refractivity contribution >= 4 is 18.6 Å². The average molecular weight is 352 g/mol. The molecule has 0 saturated heterocycles. The summed E-state index contributed by atoms with van der Waals surface area (Å²) >= 11 is 0. The predicted molar refractivity (Wildman–Crippen MR) is 99.3 cm³/mol. The lowest BCUT2D eigenvalue weighted by Crippen LogP contribution is -2.10. The summed E-state index contributed by atoms with van der Waals surface area (Å²) in [7, 11) is -1.52. The predicted octanol–water partition coefficient (Wildman–Crippen LogP) is 4.75. The van der Waals surface area contributed by atoms with Gasteiger partial charge >= 0.3 is 0 Å². The first-order chi connectivity index (χ1) is 11.7. The number of carbonyl (C=O) groups excluding carboxylic acids is 1. The third-order valence-electron chi connectivity index (χ3n) is 3.92. The molecule has 0 N–H and O–H groups in total. The highest BCUT2D eigenvalue weighted by molar-refractivity contribution is 7.67. The molecule has 1 aromatic rings. The van der Waals surface area contributed by atoms with E-state index in [1.807, 2.05) is 12.1 Å². The van der Waals surface area contributed by atoms with Crippen molar-refractivity contribution < 1.29 is 18.6 Å². The Morgan fingerprint density at radius 1 is 1.17 bits per heavy atom. The highest BCUT2D eigenvalue weighted by Crippen LogP contribution is 2.45. The maximum Gasteiger partial charge on any atom is 0.232 e. The van der Waals surface area contributed by atoms with Crippen molar-refractivity contribution in [3.8, 4) is 5.75 Å². The summed E-state index contributed by atoms with van der Waals surface area (Å²) in [6.07, 6.45) is 9.31. The summed E-state index contributed by atoms with van der Waals surface area (Å²) in [6, 6.07) is 7.26. The number of hydrogen-bond donors (Lipinski definition) is 0. The Morgan fingerprint density at radius 3 is 2.62 bits per heavy atom. The van der Waals surface area contributed by atoms with Crippen LogP contribution in [0.3, 0.4) is 0 Å². The fourth-order valence-electron chi connectivity index (χ4n) is 2.48. The fourth-order valence-corrected chi connectivity index (χ4v) is 4.23. The summed E-state index contributed by atoms with van der Waals surface area (Å²) in [5, 5.41) is 0.629. The number of rotatable bonds is 13. The molecule has 0 bridgehead atoms. The summed E-state index contributed by atoms with van der Waals surface area (Å²) in [5.74, 6) is 2.42. The van der Waals surface area contributed by atoms with Crippen molar-refractivity contribution in [3.05, 3.63) is 30.3 Å². The maximum atomic E-state index is 12.9. The average Bonchev–Trinajstić information content (AvgIpc) is 2.61. The van der Waals surface area contributed by atoms with Gasteiger partial charge in [0, 0.05) is 24.7 Å². The van der Waals surface area contributed by atoms with Gasteiger partial charge in [-0.15, -0.1) is 0 Å². The number of ether oxygens (including phenoxy) is 1. The molecule has 134 valence electrons. The van der Waals surface area contributed by atoms with Crippen LogP contribution in [0.5, 0.6) is 5.75 Å². The first-order valence-electron chi connectivity index (χ1n) is 8.74. The van der Waals surface area contributed by atoms with E-state index in [1.54, 1.807) is 18.1 Å². The Balaban J connectivity index is 2.52. The molecule has 0 radical (unpaired) electrons. The second-order valence-electron chi connectivity index (χ2n) is 5.80. The molecule has 1 unspecified atom stereocenters. The maximum absolute atomic E-state index is 12.9. The van der Waals surface area contributed by atoms with Gasteiger partial charge in [-0.2, -0.15) is 0 Å². The van der Waals surface area contributed by atoms with Gasteiger partial charge < -0.3 is 9.26 Å². The molecule has 0 aromatic heterocycles. The van der Waals surface area contributed by atoms with Crippen LogP contribution in [0.1, 0.15) is 51.9 Å². The first-order valence-corrected chi connectivity index (χ1v) is 10.5. The van der Waals surface area contributed by atoms with Crippen molar-refractivity contribution in [2.45, 2.75) is 51.9 Å². The summed E-state index contributed by atoms with van der Waals surface area (Å²) < 4.78 is 23.9. The monoisotopic (exact) mass is 352 g/mol. The lowest BCUT2D eigenvalue weighted by atomic mass is 10.1. The minimum atomic E-state index is -2.96. The van der Waals surface area contributed by atoms with Gasteiger partial charge in [-0.25, -0.2) is 4.79 Å². The smallest absolute Gasteiger partial charge is 0.232 e. The van der Waals surface area contributed by atoms with Crippen molar-refractivity contribution in [2.24, 2.45) is 0 Å². The zero-order chi connectivity index (χ0) is 17.7. The van der Waals surface area contributed by atoms with Crippen LogP contribution >= 0.6 is 7.37 Å². The van der Waals surface area contributed by atoms with E-state index in [1.165, 1.54) is 45.3 Å². The molecule has 4 nitrogen and oxygen atoms in total. The molecule has 0 aliphatic heterocycles. The van der Waals surface area contributed by atoms with Gasteiger partial charge in [-0.05, 0) is 31.0 Å². The molecule has 1 rings (SSSR count). The largest absolute Gasteiger partial charge is 0.494 e. The van der Waals surface area contributed by atoms with E-state index in [0.29, 0.717) is 30.2 Å². The second-order valence-corrected chi connectivity index (χ2v) is 8.48. The quantitative estimate of drug-likeness (QED) is 0.292. The van der Waals surface area contributed by atoms with E-state index >= 15 is 0 Å². The normalized spacial score (nSPS) is 13.1. The summed E-state index contributed by atoms with van der Waals surface area (Å²) in [6.45, 7) is 2.88. The Labute approximate surface area is 145 Å². The Kier molecular flexibility index (Phi) is 10.4. The summed E-state index contributed by atoms with van der Waals surface area (Å²) in [5.41, 5.74) is 0. The van der Waals surface area contributed by atoms with Gasteiger partial charge in [0.15, 0.2) is 0 Å². The second kappa shape index (κ2) is 12.1. The van der Waals surface area contributed by atoms with Crippen molar-refractivity contribution in [1.29, 1.82) is 0 Å². The van der Waals surface area contributed by atoms with Crippen molar-refractivity contribution in [2.75, 3.05) is 19.9 Å². The first kappa shape index (κ1) is 20.7. The molecule has 5 heteroatoms. The Bertz CT molecular complexity index is 564. The molecule has 0 heterocycles. The molecular formula is C19H29O4P. The van der Waals surface area contributed by atoms with E-state index in [-0.39, 0.29) is 0 Å². The van der Waals surface area contributed by atoms with Crippen LogP contribution in [-0.4, -0.2) is 25.8 Å². The van der Waals surface area contributed by atoms with E-state index in [4.69, 9.17) is 9.26 Å². The van der Waals surface area contributed by atoms with E-state index in [0.717, 1.165) is 6.42 Å². The van der Waals surface area contributed by atoms with Crippen molar-refractivity contribution in [1.82, 2.24) is 0 Å². The highest BCUT2D eigenvalue weighted by Gasteiger charge is 2.24. The van der Waals surface area contributed by atoms with Crippen molar-refractivity contribution in [3.63, 3.8) is 0 Å². The molecular weight excluding hydrogens is 323 g/mol. The Hall–Kier alpha value is -1.34. The van der Waals surface area contributed by atoms with E-state index < -0.39 is 7.37 Å². The van der Waals surface area contributed by atoms with Gasteiger partial charge in [0.05, 0.1) is 6.61 Å². The van der Waals surface area contributed by atoms with Crippen LogP contribution in [0, 0.1) is 0 Å². The SMILES string of the molecule is CCCCCCCCOc1cccc(P(=O)(CCC=C=O)OC)c1. The number of unbranched alkanes of at least 4 members (excludes halogenated alkanes) is 5. The number of hydrogen-bond acceptors (Lipinski definition) is 4. The van der Waals surface area contributed by atoms with Gasteiger partial charge in [0.2, 0.25) is 7.37 Å². The van der Waals surface area contributed by atoms with Crippen LogP contribution in [0.25, 0.3) is 0 Å². The van der Waals surface area contributed by atoms with E-state index in [9.17, 15) is 9.36 Å².